The van der Waals surface area contributed by atoms with Crippen molar-refractivity contribution in [3.05, 3.63) is 29.8 Å². The van der Waals surface area contributed by atoms with Crippen molar-refractivity contribution in [2.24, 2.45) is 0 Å². The number of benzene rings is 1. The minimum absolute atomic E-state index is 0.0688. The van der Waals surface area contributed by atoms with E-state index in [0.29, 0.717) is 19.6 Å². The molecule has 2 N–H and O–H groups in total. The minimum atomic E-state index is -0.589. The fourth-order valence-corrected chi connectivity index (χ4v) is 2.42. The molecule has 0 saturated carbocycles. The van der Waals surface area contributed by atoms with Crippen LogP contribution in [0.3, 0.4) is 0 Å². The molecule has 0 radical (unpaired) electrons. The van der Waals surface area contributed by atoms with Gasteiger partial charge in [-0.15, -0.1) is 0 Å². The smallest absolute Gasteiger partial charge is 0.414 e. The maximum atomic E-state index is 12.0. The normalized spacial score (nSPS) is 15.8. The zero-order chi connectivity index (χ0) is 17.7. The number of carbonyl (C=O) groups excluding carboxylic acids is 2. The summed E-state index contributed by atoms with van der Waals surface area (Å²) in [5.41, 5.74) is 0.973. The summed E-state index contributed by atoms with van der Waals surface area (Å²) in [6.45, 7) is 6.20. The minimum Gasteiger partial charge on any atom is -0.447 e. The Morgan fingerprint density at radius 2 is 2.04 bits per heavy atom. The molecule has 1 atom stereocenters. The number of ether oxygens (including phenoxy) is 2. The Morgan fingerprint density at radius 1 is 1.38 bits per heavy atom. The predicted octanol–water partition coefficient (Wildman–Crippen LogP) is 2.59. The number of hydrogen-bond donors (Lipinski definition) is 2. The lowest BCUT2D eigenvalue weighted by molar-refractivity contribution is 0.0496. The van der Waals surface area contributed by atoms with E-state index in [2.05, 4.69) is 5.32 Å². The van der Waals surface area contributed by atoms with Crippen LogP contribution in [0.25, 0.3) is 0 Å². The van der Waals surface area contributed by atoms with E-state index in [9.17, 15) is 14.7 Å². The molecule has 0 aromatic heterocycles. The molecule has 24 heavy (non-hydrogen) atoms. The van der Waals surface area contributed by atoms with Gasteiger partial charge in [0.2, 0.25) is 0 Å². The summed E-state index contributed by atoms with van der Waals surface area (Å²) < 4.78 is 10.2. The number of alkyl carbamates (subject to hydrolysis) is 1. The Labute approximate surface area is 141 Å². The maximum Gasteiger partial charge on any atom is 0.414 e. The van der Waals surface area contributed by atoms with Crippen molar-refractivity contribution in [2.45, 2.75) is 38.8 Å². The third kappa shape index (κ3) is 4.86. The molecule has 0 aliphatic carbocycles. The number of rotatable bonds is 5. The molecule has 1 saturated heterocycles. The Kier molecular flexibility index (Phi) is 5.66. The van der Waals surface area contributed by atoms with Crippen molar-refractivity contribution in [3.63, 3.8) is 0 Å². The van der Waals surface area contributed by atoms with Crippen LogP contribution in [-0.2, 0) is 9.47 Å². The number of anilines is 1. The van der Waals surface area contributed by atoms with Gasteiger partial charge < -0.3 is 19.9 Å². The van der Waals surface area contributed by atoms with Crippen LogP contribution < -0.4 is 10.2 Å². The van der Waals surface area contributed by atoms with Crippen LogP contribution in [-0.4, -0.2) is 42.7 Å². The Balaban J connectivity index is 2.07. The summed E-state index contributed by atoms with van der Waals surface area (Å²) in [6, 6.07) is 6.85. The average Bonchev–Trinajstić information content (AvgIpc) is 2.91. The number of carbonyl (C=O) groups is 2. The molecule has 1 aromatic rings. The highest BCUT2D eigenvalue weighted by atomic mass is 16.6. The monoisotopic (exact) mass is 336 g/mol. The molecule has 1 heterocycles. The molecule has 132 valence electrons. The van der Waals surface area contributed by atoms with Gasteiger partial charge in [-0.25, -0.2) is 9.59 Å². The van der Waals surface area contributed by atoms with E-state index in [4.69, 9.17) is 9.47 Å². The van der Waals surface area contributed by atoms with Crippen molar-refractivity contribution in [1.82, 2.24) is 5.32 Å². The molecule has 0 bridgehead atoms. The third-order valence-corrected chi connectivity index (χ3v) is 3.48. The second-order valence-corrected chi connectivity index (χ2v) is 6.57. The predicted molar refractivity (Wildman–Crippen MR) is 88.9 cm³/mol. The van der Waals surface area contributed by atoms with E-state index >= 15 is 0 Å². The van der Waals surface area contributed by atoms with Crippen molar-refractivity contribution < 1.29 is 24.2 Å². The lowest BCUT2D eigenvalue weighted by Gasteiger charge is -2.24. The summed E-state index contributed by atoms with van der Waals surface area (Å²) in [5.74, 6) is 0. The number of hydrogen-bond acceptors (Lipinski definition) is 5. The highest BCUT2D eigenvalue weighted by Crippen LogP contribution is 2.23. The first-order chi connectivity index (χ1) is 11.3. The zero-order valence-electron chi connectivity index (χ0n) is 14.2. The van der Waals surface area contributed by atoms with Gasteiger partial charge in [-0.05, 0) is 44.9 Å². The highest BCUT2D eigenvalue weighted by Gasteiger charge is 2.24. The molecule has 1 aliphatic heterocycles. The fraction of sp³-hybridized carbons (Fsp3) is 0.529. The van der Waals surface area contributed by atoms with Gasteiger partial charge in [0.25, 0.3) is 0 Å². The van der Waals surface area contributed by atoms with Gasteiger partial charge in [0.15, 0.2) is 0 Å². The Morgan fingerprint density at radius 3 is 2.54 bits per heavy atom. The molecule has 1 aromatic carbocycles. The number of nitrogens with zero attached hydrogens (tertiary/aromatic N) is 1. The van der Waals surface area contributed by atoms with Crippen LogP contribution in [0.5, 0.6) is 0 Å². The molecular weight excluding hydrogens is 312 g/mol. The largest absolute Gasteiger partial charge is 0.447 e. The maximum absolute atomic E-state index is 12.0. The topological polar surface area (TPSA) is 88.1 Å². The van der Waals surface area contributed by atoms with Crippen LogP contribution >= 0.6 is 0 Å². The lowest BCUT2D eigenvalue weighted by Crippen LogP contribution is -2.35. The third-order valence-electron chi connectivity index (χ3n) is 3.48. The number of nitrogens with one attached hydrogen (secondary N) is 1. The van der Waals surface area contributed by atoms with Crippen molar-refractivity contribution in [2.75, 3.05) is 24.7 Å². The van der Waals surface area contributed by atoms with E-state index in [-0.39, 0.29) is 18.7 Å². The quantitative estimate of drug-likeness (QED) is 0.863. The van der Waals surface area contributed by atoms with Crippen molar-refractivity contribution in [3.8, 4) is 0 Å². The van der Waals surface area contributed by atoms with E-state index < -0.39 is 11.7 Å². The summed E-state index contributed by atoms with van der Waals surface area (Å²) in [6.07, 6.45) is -0.528. The SMILES string of the molecule is CC(C)(C)OC(=O)NC(CCO)c1ccc(N2CCOC2=O)cc1. The van der Waals surface area contributed by atoms with Gasteiger partial charge in [0.1, 0.15) is 12.2 Å². The average molecular weight is 336 g/mol. The van der Waals surface area contributed by atoms with E-state index in [1.165, 1.54) is 0 Å². The second-order valence-electron chi connectivity index (χ2n) is 6.57. The number of cyclic esters (lactones) is 1. The Bertz CT molecular complexity index is 580. The Hall–Kier alpha value is -2.28. The van der Waals surface area contributed by atoms with E-state index in [1.807, 2.05) is 12.1 Å². The van der Waals surface area contributed by atoms with Gasteiger partial charge >= 0.3 is 12.2 Å². The first kappa shape index (κ1) is 18.1. The van der Waals surface area contributed by atoms with Gasteiger partial charge in [0, 0.05) is 12.3 Å². The zero-order valence-corrected chi connectivity index (χ0v) is 14.2. The van der Waals surface area contributed by atoms with Gasteiger partial charge in [-0.2, -0.15) is 0 Å². The first-order valence-corrected chi connectivity index (χ1v) is 7.95. The fourth-order valence-electron chi connectivity index (χ4n) is 2.42. The van der Waals surface area contributed by atoms with E-state index in [0.717, 1.165) is 11.3 Å². The number of aliphatic hydroxyl groups is 1. The standard InChI is InChI=1S/C17H24N2O5/c1-17(2,3)24-15(21)18-14(8-10-20)12-4-6-13(7-5-12)19-9-11-23-16(19)22/h4-7,14,20H,8-11H2,1-3H3,(H,18,21). The molecule has 7 heteroatoms. The molecule has 1 fully saturated rings. The summed E-state index contributed by atoms with van der Waals surface area (Å²) in [7, 11) is 0. The summed E-state index contributed by atoms with van der Waals surface area (Å²) >= 11 is 0. The second kappa shape index (κ2) is 7.53. The molecule has 2 rings (SSSR count). The van der Waals surface area contributed by atoms with Gasteiger partial charge in [0.05, 0.1) is 12.6 Å². The van der Waals surface area contributed by atoms with E-state index in [1.54, 1.807) is 37.8 Å². The van der Waals surface area contributed by atoms with Crippen LogP contribution in [0.2, 0.25) is 0 Å². The van der Waals surface area contributed by atoms with Crippen LogP contribution in [0, 0.1) is 0 Å². The molecule has 2 amide bonds. The number of aliphatic hydroxyl groups excluding tert-OH is 1. The van der Waals surface area contributed by atoms with Gasteiger partial charge in [-0.1, -0.05) is 12.1 Å². The molecule has 1 aliphatic rings. The molecular formula is C17H24N2O5. The van der Waals surface area contributed by atoms with Crippen molar-refractivity contribution in [1.29, 1.82) is 0 Å². The summed E-state index contributed by atoms with van der Waals surface area (Å²) in [4.78, 5) is 25.1. The lowest BCUT2D eigenvalue weighted by atomic mass is 10.0. The van der Waals surface area contributed by atoms with Crippen molar-refractivity contribution >= 4 is 17.9 Å². The first-order valence-electron chi connectivity index (χ1n) is 7.95. The summed E-state index contributed by atoms with van der Waals surface area (Å²) in [5, 5.41) is 12.0. The van der Waals surface area contributed by atoms with Crippen LogP contribution in [0.4, 0.5) is 15.3 Å². The van der Waals surface area contributed by atoms with Crippen LogP contribution in [0.1, 0.15) is 38.8 Å². The number of amides is 2. The highest BCUT2D eigenvalue weighted by molar-refractivity contribution is 5.89. The molecule has 7 nitrogen and oxygen atoms in total. The molecule has 1 unspecified atom stereocenters. The van der Waals surface area contributed by atoms with Crippen LogP contribution in [0.15, 0.2) is 24.3 Å². The van der Waals surface area contributed by atoms with Gasteiger partial charge in [-0.3, -0.25) is 4.90 Å². The molecule has 0 spiro atoms.